The SMILES string of the molecule is CC(O)C1NC(=O)CNC(=O)C(CCCN=C(N)N)NC(=O)C2CCCN2C(=O)C(CCCCN)NC1=O. The van der Waals surface area contributed by atoms with Gasteiger partial charge in [-0.25, -0.2) is 0 Å². The Labute approximate surface area is 221 Å². The number of guanidine groups is 1. The summed E-state index contributed by atoms with van der Waals surface area (Å²) in [4.78, 5) is 70.5. The molecule has 0 bridgehead atoms. The van der Waals surface area contributed by atoms with Gasteiger partial charge in [0.25, 0.3) is 0 Å². The number of aliphatic hydroxyl groups is 1. The van der Waals surface area contributed by atoms with Gasteiger partial charge >= 0.3 is 0 Å². The highest BCUT2D eigenvalue weighted by molar-refractivity contribution is 5.97. The number of amides is 5. The van der Waals surface area contributed by atoms with Gasteiger partial charge in [-0.05, 0) is 58.4 Å². The van der Waals surface area contributed by atoms with Gasteiger partial charge in [-0.1, -0.05) is 0 Å². The van der Waals surface area contributed by atoms with Crippen molar-refractivity contribution in [3.05, 3.63) is 0 Å². The van der Waals surface area contributed by atoms with Crippen LogP contribution in [0, 0.1) is 0 Å². The minimum Gasteiger partial charge on any atom is -0.391 e. The van der Waals surface area contributed by atoms with Crippen LogP contribution in [-0.4, -0.2) is 102 Å². The average molecular weight is 540 g/mol. The van der Waals surface area contributed by atoms with E-state index in [1.807, 2.05) is 0 Å². The molecule has 0 radical (unpaired) electrons. The van der Waals surface area contributed by atoms with Crippen molar-refractivity contribution in [2.24, 2.45) is 22.2 Å². The second-order valence-corrected chi connectivity index (χ2v) is 9.55. The summed E-state index contributed by atoms with van der Waals surface area (Å²) >= 11 is 0. The highest BCUT2D eigenvalue weighted by atomic mass is 16.3. The summed E-state index contributed by atoms with van der Waals surface area (Å²) in [5, 5.41) is 20.4. The van der Waals surface area contributed by atoms with Crippen LogP contribution in [0.25, 0.3) is 0 Å². The number of nitrogens with two attached hydrogens (primary N) is 3. The Morgan fingerprint density at radius 2 is 1.68 bits per heavy atom. The molecule has 11 N–H and O–H groups in total. The maximum absolute atomic E-state index is 13.5. The number of hydrogen-bond donors (Lipinski definition) is 8. The maximum Gasteiger partial charge on any atom is 0.245 e. The van der Waals surface area contributed by atoms with Gasteiger partial charge in [0.15, 0.2) is 5.96 Å². The molecule has 5 unspecified atom stereocenters. The van der Waals surface area contributed by atoms with E-state index in [2.05, 4.69) is 26.3 Å². The van der Waals surface area contributed by atoms with Gasteiger partial charge in [-0.15, -0.1) is 0 Å². The smallest absolute Gasteiger partial charge is 0.245 e. The Morgan fingerprint density at radius 3 is 2.34 bits per heavy atom. The molecule has 214 valence electrons. The Morgan fingerprint density at radius 1 is 1.00 bits per heavy atom. The number of rotatable bonds is 9. The number of aliphatic hydroxyl groups excluding tert-OH is 1. The molecule has 2 heterocycles. The van der Waals surface area contributed by atoms with Crippen molar-refractivity contribution in [2.75, 3.05) is 26.2 Å². The molecule has 0 saturated carbocycles. The Kier molecular flexibility index (Phi) is 12.2. The summed E-state index contributed by atoms with van der Waals surface area (Å²) in [6, 6.07) is -4.19. The summed E-state index contributed by atoms with van der Waals surface area (Å²) in [6.07, 6.45) is 1.64. The number of hydrogen-bond acceptors (Lipinski definition) is 8. The molecule has 0 aromatic heterocycles. The third kappa shape index (κ3) is 9.13. The summed E-state index contributed by atoms with van der Waals surface area (Å²) < 4.78 is 0. The molecular formula is C23H41N9O6. The third-order valence-electron chi connectivity index (χ3n) is 6.48. The van der Waals surface area contributed by atoms with Crippen LogP contribution in [0.1, 0.15) is 51.9 Å². The second kappa shape index (κ2) is 15.1. The van der Waals surface area contributed by atoms with E-state index in [1.54, 1.807) is 0 Å². The van der Waals surface area contributed by atoms with Crippen molar-refractivity contribution in [3.8, 4) is 0 Å². The van der Waals surface area contributed by atoms with Gasteiger partial charge in [-0.2, -0.15) is 0 Å². The fourth-order valence-corrected chi connectivity index (χ4v) is 4.48. The Hall–Kier alpha value is -3.46. The fraction of sp³-hybridized carbons (Fsp3) is 0.739. The van der Waals surface area contributed by atoms with E-state index >= 15 is 0 Å². The lowest BCUT2D eigenvalue weighted by atomic mass is 10.0. The standard InChI is InChI=1S/C23H41N9O6/c1-13(33)18-21(37)30-15(6-2-3-9-24)22(38)32-11-5-8-16(32)20(36)29-14(7-4-10-27-23(25)26)19(35)28-12-17(34)31-18/h13-16,18,33H,2-12,24H2,1H3,(H,28,35)(H,29,36)(H,30,37)(H,31,34)(H4,25,26,27). The lowest BCUT2D eigenvalue weighted by Gasteiger charge is -2.30. The number of nitrogens with zero attached hydrogens (tertiary/aromatic N) is 2. The Bertz CT molecular complexity index is 893. The number of fused-ring (bicyclic) bond motifs is 1. The first-order valence-corrected chi connectivity index (χ1v) is 13.0. The van der Waals surface area contributed by atoms with E-state index in [0.717, 1.165) is 0 Å². The molecule has 2 aliphatic heterocycles. The van der Waals surface area contributed by atoms with Crippen LogP contribution in [-0.2, 0) is 24.0 Å². The van der Waals surface area contributed by atoms with E-state index in [-0.39, 0.29) is 25.3 Å². The van der Waals surface area contributed by atoms with Gasteiger partial charge in [0.1, 0.15) is 24.2 Å². The molecular weight excluding hydrogens is 498 g/mol. The van der Waals surface area contributed by atoms with Crippen molar-refractivity contribution >= 4 is 35.5 Å². The van der Waals surface area contributed by atoms with E-state index in [1.165, 1.54) is 11.8 Å². The zero-order valence-electron chi connectivity index (χ0n) is 21.8. The summed E-state index contributed by atoms with van der Waals surface area (Å²) in [7, 11) is 0. The van der Waals surface area contributed by atoms with Gasteiger partial charge in [0, 0.05) is 13.1 Å². The van der Waals surface area contributed by atoms with Crippen molar-refractivity contribution in [2.45, 2.75) is 82.1 Å². The molecule has 15 heteroatoms. The molecule has 0 aromatic rings. The van der Waals surface area contributed by atoms with Crippen LogP contribution in [0.3, 0.4) is 0 Å². The van der Waals surface area contributed by atoms with Crippen molar-refractivity contribution in [1.29, 1.82) is 0 Å². The lowest BCUT2D eigenvalue weighted by Crippen LogP contribution is -2.59. The monoisotopic (exact) mass is 539 g/mol. The van der Waals surface area contributed by atoms with E-state index < -0.39 is 66.4 Å². The lowest BCUT2D eigenvalue weighted by molar-refractivity contribution is -0.142. The van der Waals surface area contributed by atoms with Crippen LogP contribution in [0.5, 0.6) is 0 Å². The number of carbonyl (C=O) groups excluding carboxylic acids is 5. The average Bonchev–Trinajstić information content (AvgIpc) is 3.35. The highest BCUT2D eigenvalue weighted by Crippen LogP contribution is 2.20. The number of aliphatic imine (C=N–C) groups is 1. The van der Waals surface area contributed by atoms with Crippen molar-refractivity contribution < 1.29 is 29.1 Å². The first-order valence-electron chi connectivity index (χ1n) is 13.0. The molecule has 2 aliphatic rings. The number of unbranched alkanes of at least 4 members (excludes halogenated alkanes) is 1. The predicted molar refractivity (Wildman–Crippen MR) is 138 cm³/mol. The first-order chi connectivity index (χ1) is 18.0. The quantitative estimate of drug-likeness (QED) is 0.0809. The van der Waals surface area contributed by atoms with E-state index in [0.29, 0.717) is 45.2 Å². The zero-order valence-corrected chi connectivity index (χ0v) is 21.8. The van der Waals surface area contributed by atoms with Gasteiger partial charge in [-0.3, -0.25) is 29.0 Å². The summed E-state index contributed by atoms with van der Waals surface area (Å²) in [6.45, 7) is 1.77. The molecule has 2 saturated heterocycles. The number of carbonyl (C=O) groups is 5. The molecule has 2 fully saturated rings. The minimum absolute atomic E-state index is 0.103. The zero-order chi connectivity index (χ0) is 28.2. The largest absolute Gasteiger partial charge is 0.391 e. The maximum atomic E-state index is 13.5. The molecule has 0 aliphatic carbocycles. The molecule has 5 amide bonds. The first kappa shape index (κ1) is 30.8. The van der Waals surface area contributed by atoms with Gasteiger partial charge in [0.2, 0.25) is 29.5 Å². The highest BCUT2D eigenvalue weighted by Gasteiger charge is 2.40. The van der Waals surface area contributed by atoms with E-state index in [9.17, 15) is 29.1 Å². The van der Waals surface area contributed by atoms with Crippen molar-refractivity contribution in [1.82, 2.24) is 26.2 Å². The van der Waals surface area contributed by atoms with E-state index in [4.69, 9.17) is 17.2 Å². The summed E-state index contributed by atoms with van der Waals surface area (Å²) in [5.74, 6) is -3.17. The number of nitrogens with one attached hydrogen (secondary N) is 4. The minimum atomic E-state index is -1.36. The topological polar surface area (TPSA) is 247 Å². The van der Waals surface area contributed by atoms with Crippen LogP contribution in [0.2, 0.25) is 0 Å². The van der Waals surface area contributed by atoms with Crippen molar-refractivity contribution in [3.63, 3.8) is 0 Å². The molecule has 0 aromatic carbocycles. The van der Waals surface area contributed by atoms with Crippen LogP contribution in [0.4, 0.5) is 0 Å². The predicted octanol–water partition coefficient (Wildman–Crippen LogP) is -3.88. The Balaban J connectivity index is 2.35. The molecule has 38 heavy (non-hydrogen) atoms. The van der Waals surface area contributed by atoms with Crippen LogP contribution in [0.15, 0.2) is 4.99 Å². The summed E-state index contributed by atoms with van der Waals surface area (Å²) in [5.41, 5.74) is 16.3. The van der Waals surface area contributed by atoms with Gasteiger partial charge < -0.3 is 48.5 Å². The molecule has 2 rings (SSSR count). The second-order valence-electron chi connectivity index (χ2n) is 9.55. The normalized spacial score (nSPS) is 26.2. The molecule has 0 spiro atoms. The van der Waals surface area contributed by atoms with Crippen LogP contribution >= 0.6 is 0 Å². The van der Waals surface area contributed by atoms with Crippen LogP contribution < -0.4 is 38.5 Å². The van der Waals surface area contributed by atoms with Gasteiger partial charge in [0.05, 0.1) is 12.6 Å². The molecule has 15 nitrogen and oxygen atoms in total. The molecule has 5 atom stereocenters. The third-order valence-corrected chi connectivity index (χ3v) is 6.48. The fourth-order valence-electron chi connectivity index (χ4n) is 4.48.